The third-order valence-electron chi connectivity index (χ3n) is 1.02. The second-order valence-corrected chi connectivity index (χ2v) is 2.28. The maximum atomic E-state index is 4.90. The first-order valence-electron chi connectivity index (χ1n) is 3.28. The molecule has 0 atom stereocenters. The number of rotatable bonds is 2. The number of aromatic nitrogens is 1. The van der Waals surface area contributed by atoms with Crippen LogP contribution in [0.25, 0.3) is 0 Å². The molecule has 1 aromatic rings. The summed E-state index contributed by atoms with van der Waals surface area (Å²) < 4.78 is 4.59. The molecule has 0 saturated heterocycles. The fourth-order valence-corrected chi connectivity index (χ4v) is 0.847. The van der Waals surface area contributed by atoms with E-state index in [9.17, 15) is 0 Å². The summed E-state index contributed by atoms with van der Waals surface area (Å²) >= 11 is 4.90. The lowest BCUT2D eigenvalue weighted by Crippen LogP contribution is -2.27. The van der Waals surface area contributed by atoms with Crippen molar-refractivity contribution in [3.8, 4) is 0 Å². The molecule has 0 bridgehead atoms. The third-order valence-corrected chi connectivity index (χ3v) is 1.26. The van der Waals surface area contributed by atoms with Crippen molar-refractivity contribution in [1.82, 2.24) is 10.5 Å². The zero-order valence-corrected chi connectivity index (χ0v) is 6.94. The van der Waals surface area contributed by atoms with Crippen molar-refractivity contribution in [2.45, 2.75) is 6.92 Å². The van der Waals surface area contributed by atoms with Crippen LogP contribution < -0.4 is 10.6 Å². The molecule has 0 unspecified atom stereocenters. The van der Waals surface area contributed by atoms with Crippen LogP contribution in [-0.4, -0.2) is 16.8 Å². The van der Waals surface area contributed by atoms with Gasteiger partial charge in [0.25, 0.3) is 0 Å². The molecule has 1 aromatic heterocycles. The highest BCUT2D eigenvalue weighted by molar-refractivity contribution is 7.80. The Bertz CT molecular complexity index is 222. The molecule has 0 aliphatic rings. The van der Waals surface area contributed by atoms with Gasteiger partial charge < -0.3 is 15.2 Å². The zero-order chi connectivity index (χ0) is 8.10. The van der Waals surface area contributed by atoms with Gasteiger partial charge in [0.15, 0.2) is 10.9 Å². The van der Waals surface area contributed by atoms with Gasteiger partial charge in [-0.1, -0.05) is 5.16 Å². The van der Waals surface area contributed by atoms with Crippen molar-refractivity contribution in [2.75, 3.05) is 11.9 Å². The fourth-order valence-electron chi connectivity index (χ4n) is 0.598. The SMILES string of the molecule is CCNC(=S)Nc1ccon1. The van der Waals surface area contributed by atoms with Crippen molar-refractivity contribution in [1.29, 1.82) is 0 Å². The zero-order valence-electron chi connectivity index (χ0n) is 6.13. The van der Waals surface area contributed by atoms with Gasteiger partial charge in [0.05, 0.1) is 0 Å². The molecule has 60 valence electrons. The molecular weight excluding hydrogens is 162 g/mol. The van der Waals surface area contributed by atoms with E-state index in [2.05, 4.69) is 20.3 Å². The number of nitrogens with one attached hydrogen (secondary N) is 2. The minimum absolute atomic E-state index is 0.557. The topological polar surface area (TPSA) is 50.1 Å². The van der Waals surface area contributed by atoms with E-state index in [1.807, 2.05) is 6.92 Å². The summed E-state index contributed by atoms with van der Waals surface area (Å²) in [5.74, 6) is 0.621. The number of anilines is 1. The Morgan fingerprint density at radius 3 is 3.18 bits per heavy atom. The molecule has 2 N–H and O–H groups in total. The largest absolute Gasteiger partial charge is 0.363 e. The smallest absolute Gasteiger partial charge is 0.175 e. The second kappa shape index (κ2) is 3.92. The molecule has 0 aromatic carbocycles. The average molecular weight is 171 g/mol. The minimum Gasteiger partial charge on any atom is -0.363 e. The van der Waals surface area contributed by atoms with Gasteiger partial charge in [-0.05, 0) is 19.1 Å². The lowest BCUT2D eigenvalue weighted by molar-refractivity contribution is 0.423. The lowest BCUT2D eigenvalue weighted by atomic mass is 10.6. The summed E-state index contributed by atoms with van der Waals surface area (Å²) in [7, 11) is 0. The monoisotopic (exact) mass is 171 g/mol. The van der Waals surface area contributed by atoms with Crippen LogP contribution in [0.2, 0.25) is 0 Å². The van der Waals surface area contributed by atoms with E-state index in [-0.39, 0.29) is 0 Å². The van der Waals surface area contributed by atoms with Crippen molar-refractivity contribution >= 4 is 23.1 Å². The van der Waals surface area contributed by atoms with Gasteiger partial charge in [-0.15, -0.1) is 0 Å². The molecule has 0 aliphatic heterocycles. The highest BCUT2D eigenvalue weighted by Gasteiger charge is 1.96. The van der Waals surface area contributed by atoms with Crippen molar-refractivity contribution in [3.05, 3.63) is 12.3 Å². The first-order valence-corrected chi connectivity index (χ1v) is 3.69. The summed E-state index contributed by atoms with van der Waals surface area (Å²) in [5.41, 5.74) is 0. The fraction of sp³-hybridized carbons (Fsp3) is 0.333. The Labute approximate surface area is 70.0 Å². The molecular formula is C6H9N3OS. The van der Waals surface area contributed by atoms with E-state index < -0.39 is 0 Å². The van der Waals surface area contributed by atoms with E-state index in [1.165, 1.54) is 6.26 Å². The van der Waals surface area contributed by atoms with E-state index in [1.54, 1.807) is 6.07 Å². The molecule has 0 saturated carbocycles. The number of hydrogen-bond donors (Lipinski definition) is 2. The van der Waals surface area contributed by atoms with Crippen molar-refractivity contribution in [3.63, 3.8) is 0 Å². The number of hydrogen-bond acceptors (Lipinski definition) is 3. The maximum absolute atomic E-state index is 4.90. The molecule has 1 rings (SSSR count). The van der Waals surface area contributed by atoms with E-state index in [0.717, 1.165) is 6.54 Å². The van der Waals surface area contributed by atoms with Crippen LogP contribution in [0.1, 0.15) is 6.92 Å². The Hall–Kier alpha value is -1.10. The lowest BCUT2D eigenvalue weighted by Gasteiger charge is -2.03. The van der Waals surface area contributed by atoms with Crippen LogP contribution in [0, 0.1) is 0 Å². The summed E-state index contributed by atoms with van der Waals surface area (Å²) in [6.07, 6.45) is 1.48. The molecule has 0 fully saturated rings. The van der Waals surface area contributed by atoms with Gasteiger partial charge in [-0.25, -0.2) is 0 Å². The van der Waals surface area contributed by atoms with Gasteiger partial charge >= 0.3 is 0 Å². The van der Waals surface area contributed by atoms with Gasteiger partial charge in [0.1, 0.15) is 6.26 Å². The molecule has 11 heavy (non-hydrogen) atoms. The van der Waals surface area contributed by atoms with Crippen molar-refractivity contribution < 1.29 is 4.52 Å². The van der Waals surface area contributed by atoms with Crippen LogP contribution in [0.3, 0.4) is 0 Å². The highest BCUT2D eigenvalue weighted by Crippen LogP contribution is 1.99. The predicted molar refractivity (Wildman–Crippen MR) is 46.4 cm³/mol. The van der Waals surface area contributed by atoms with Crippen LogP contribution >= 0.6 is 12.2 Å². The summed E-state index contributed by atoms with van der Waals surface area (Å²) in [4.78, 5) is 0. The Kier molecular flexibility index (Phi) is 2.85. The third kappa shape index (κ3) is 2.55. The number of nitrogens with zero attached hydrogens (tertiary/aromatic N) is 1. The molecule has 0 spiro atoms. The van der Waals surface area contributed by atoms with Crippen LogP contribution in [-0.2, 0) is 0 Å². The van der Waals surface area contributed by atoms with Crippen LogP contribution in [0.5, 0.6) is 0 Å². The van der Waals surface area contributed by atoms with Gasteiger partial charge in [-0.2, -0.15) is 0 Å². The molecule has 0 amide bonds. The quantitative estimate of drug-likeness (QED) is 0.650. The molecule has 0 radical (unpaired) electrons. The summed E-state index contributed by atoms with van der Waals surface area (Å²) in [6, 6.07) is 1.70. The van der Waals surface area contributed by atoms with Gasteiger partial charge in [0, 0.05) is 12.6 Å². The minimum atomic E-state index is 0.557. The maximum Gasteiger partial charge on any atom is 0.175 e. The van der Waals surface area contributed by atoms with E-state index in [0.29, 0.717) is 10.9 Å². The summed E-state index contributed by atoms with van der Waals surface area (Å²) in [5, 5.41) is 9.94. The normalized spacial score (nSPS) is 9.18. The molecule has 5 heteroatoms. The summed E-state index contributed by atoms with van der Waals surface area (Å²) in [6.45, 7) is 2.76. The Morgan fingerprint density at radius 1 is 1.82 bits per heavy atom. The second-order valence-electron chi connectivity index (χ2n) is 1.87. The van der Waals surface area contributed by atoms with E-state index in [4.69, 9.17) is 12.2 Å². The standard InChI is InChI=1S/C6H9N3OS/c1-2-7-6(11)8-5-3-4-10-9-5/h3-4H,2H2,1H3,(H2,7,8,9,11). The van der Waals surface area contributed by atoms with E-state index >= 15 is 0 Å². The predicted octanol–water partition coefficient (Wildman–Crippen LogP) is 0.981. The van der Waals surface area contributed by atoms with Gasteiger partial charge in [-0.3, -0.25) is 0 Å². The van der Waals surface area contributed by atoms with Gasteiger partial charge in [0.2, 0.25) is 0 Å². The highest BCUT2D eigenvalue weighted by atomic mass is 32.1. The first-order chi connectivity index (χ1) is 5.33. The van der Waals surface area contributed by atoms with Crippen LogP contribution in [0.4, 0.5) is 5.82 Å². The van der Waals surface area contributed by atoms with Crippen molar-refractivity contribution in [2.24, 2.45) is 0 Å². The molecule has 4 nitrogen and oxygen atoms in total. The van der Waals surface area contributed by atoms with Crippen LogP contribution in [0.15, 0.2) is 16.9 Å². The average Bonchev–Trinajstić information content (AvgIpc) is 2.40. The Balaban J connectivity index is 2.37. The number of thiocarbonyl (C=S) groups is 1. The molecule has 1 heterocycles. The molecule has 0 aliphatic carbocycles. The first kappa shape index (κ1) is 8.00. The Morgan fingerprint density at radius 2 is 2.64 bits per heavy atom.